The fourth-order valence-electron chi connectivity index (χ4n) is 5.34. The van der Waals surface area contributed by atoms with E-state index >= 15 is 0 Å². The van der Waals surface area contributed by atoms with Crippen molar-refractivity contribution >= 4 is 22.6 Å². The zero-order valence-corrected chi connectivity index (χ0v) is 18.7. The molecule has 0 saturated heterocycles. The normalized spacial score (nSPS) is 32.5. The first-order valence-corrected chi connectivity index (χ1v) is 10.5. The van der Waals surface area contributed by atoms with E-state index in [2.05, 4.69) is 91.0 Å². The lowest BCUT2D eigenvalue weighted by atomic mass is 9.56. The van der Waals surface area contributed by atoms with Crippen LogP contribution >= 0.6 is 22.6 Å². The number of allylic oxidation sites excluding steroid dienone is 2. The predicted molar refractivity (Wildman–Crippen MR) is 110 cm³/mol. The Kier molecular flexibility index (Phi) is 6.67. The summed E-state index contributed by atoms with van der Waals surface area (Å²) >= 11 is 2.77. The second-order valence-corrected chi connectivity index (χ2v) is 10.9. The molecule has 0 heterocycles. The van der Waals surface area contributed by atoms with Gasteiger partial charge in [0.2, 0.25) is 0 Å². The van der Waals surface area contributed by atoms with Gasteiger partial charge in [0.1, 0.15) is 0 Å². The highest BCUT2D eigenvalue weighted by atomic mass is 127. The zero-order chi connectivity index (χ0) is 17.3. The first-order valence-electron chi connectivity index (χ1n) is 9.38. The van der Waals surface area contributed by atoms with Crippen molar-refractivity contribution in [3.8, 4) is 0 Å². The zero-order valence-electron chi connectivity index (χ0n) is 16.5. The highest BCUT2D eigenvalue weighted by molar-refractivity contribution is 14.1. The van der Waals surface area contributed by atoms with Gasteiger partial charge in [0.25, 0.3) is 0 Å². The molecule has 0 aromatic rings. The molecule has 0 N–H and O–H groups in total. The van der Waals surface area contributed by atoms with Crippen LogP contribution in [0.3, 0.4) is 0 Å². The van der Waals surface area contributed by atoms with Gasteiger partial charge >= 0.3 is 0 Å². The van der Waals surface area contributed by atoms with E-state index in [9.17, 15) is 0 Å². The average Bonchev–Trinajstić information content (AvgIpc) is 3.16. The molecule has 22 heavy (non-hydrogen) atoms. The van der Waals surface area contributed by atoms with Crippen molar-refractivity contribution in [2.75, 3.05) is 0 Å². The molecule has 0 aromatic heterocycles. The van der Waals surface area contributed by atoms with Crippen LogP contribution in [-0.2, 0) is 0 Å². The molecule has 1 aliphatic rings. The van der Waals surface area contributed by atoms with Crippen LogP contribution in [0.2, 0.25) is 0 Å². The summed E-state index contributed by atoms with van der Waals surface area (Å²) in [5.41, 5.74) is 2.52. The van der Waals surface area contributed by atoms with Gasteiger partial charge in [-0.25, -0.2) is 0 Å². The topological polar surface area (TPSA) is 0 Å². The number of rotatable bonds is 8. The fraction of sp³-hybridized carbons (Fsp3) is 0.905. The van der Waals surface area contributed by atoms with E-state index in [0.29, 0.717) is 14.3 Å². The lowest BCUT2D eigenvalue weighted by molar-refractivity contribution is 0.0783. The van der Waals surface area contributed by atoms with E-state index in [-0.39, 0.29) is 0 Å². The van der Waals surface area contributed by atoms with Crippen molar-refractivity contribution in [3.63, 3.8) is 0 Å². The molecule has 0 spiro atoms. The van der Waals surface area contributed by atoms with Crippen molar-refractivity contribution in [2.45, 2.75) is 91.4 Å². The maximum atomic E-state index is 2.77. The molecule has 1 rings (SSSR count). The highest BCUT2D eigenvalue weighted by Crippen LogP contribution is 2.73. The third-order valence-electron chi connectivity index (χ3n) is 7.36. The summed E-state index contributed by atoms with van der Waals surface area (Å²) in [6.45, 7) is 21.8. The summed E-state index contributed by atoms with van der Waals surface area (Å²) < 4.78 is 0.372. The minimum atomic E-state index is 0.370. The van der Waals surface area contributed by atoms with E-state index in [1.165, 1.54) is 25.7 Å². The van der Waals surface area contributed by atoms with Gasteiger partial charge < -0.3 is 0 Å². The minimum Gasteiger partial charge on any atom is -0.0882 e. The number of hydrogen-bond donors (Lipinski definition) is 0. The van der Waals surface area contributed by atoms with Crippen LogP contribution in [0.5, 0.6) is 0 Å². The van der Waals surface area contributed by atoms with Crippen LogP contribution in [0.1, 0.15) is 88.0 Å². The molecule has 0 amide bonds. The molecule has 5 atom stereocenters. The van der Waals surface area contributed by atoms with Crippen molar-refractivity contribution in [1.29, 1.82) is 0 Å². The number of hydrogen-bond acceptors (Lipinski definition) is 0. The maximum Gasteiger partial charge on any atom is 0.0228 e. The van der Waals surface area contributed by atoms with Crippen LogP contribution in [0.15, 0.2) is 11.6 Å². The van der Waals surface area contributed by atoms with E-state index in [1.54, 1.807) is 5.57 Å². The third-order valence-corrected chi connectivity index (χ3v) is 8.81. The molecule has 130 valence electrons. The second kappa shape index (κ2) is 7.15. The van der Waals surface area contributed by atoms with Crippen LogP contribution < -0.4 is 0 Å². The van der Waals surface area contributed by atoms with Crippen LogP contribution in [0.4, 0.5) is 0 Å². The number of halogens is 1. The Bertz CT molecular complexity index is 406. The molecular formula is C21H39I. The first kappa shape index (κ1) is 20.5. The predicted octanol–water partition coefficient (Wildman–Crippen LogP) is 7.66. The van der Waals surface area contributed by atoms with Crippen LogP contribution in [0.25, 0.3) is 0 Å². The molecule has 0 nitrogen and oxygen atoms in total. The molecule has 0 aromatic carbocycles. The van der Waals surface area contributed by atoms with Crippen LogP contribution in [0, 0.1) is 28.6 Å². The second-order valence-electron chi connectivity index (χ2n) is 8.47. The average molecular weight is 418 g/mol. The van der Waals surface area contributed by atoms with E-state index in [4.69, 9.17) is 0 Å². The van der Waals surface area contributed by atoms with Crippen molar-refractivity contribution in [1.82, 2.24) is 0 Å². The lowest BCUT2D eigenvalue weighted by Gasteiger charge is -2.50. The lowest BCUT2D eigenvalue weighted by Crippen LogP contribution is -2.44. The smallest absolute Gasteiger partial charge is 0.0228 e. The van der Waals surface area contributed by atoms with E-state index in [1.807, 2.05) is 0 Å². The highest BCUT2D eigenvalue weighted by Gasteiger charge is 2.66. The van der Waals surface area contributed by atoms with Gasteiger partial charge in [0, 0.05) is 3.42 Å². The summed E-state index contributed by atoms with van der Waals surface area (Å²) in [4.78, 5) is 0. The Hall–Kier alpha value is 0.470. The van der Waals surface area contributed by atoms with Gasteiger partial charge in [0.05, 0.1) is 0 Å². The Morgan fingerprint density at radius 1 is 1.32 bits per heavy atom. The van der Waals surface area contributed by atoms with Crippen LogP contribution in [-0.4, -0.2) is 3.42 Å². The van der Waals surface area contributed by atoms with Gasteiger partial charge in [-0.2, -0.15) is 0 Å². The molecule has 1 saturated carbocycles. The molecule has 0 bridgehead atoms. The quantitative estimate of drug-likeness (QED) is 0.216. The summed E-state index contributed by atoms with van der Waals surface area (Å²) in [7, 11) is 0. The first-order chi connectivity index (χ1) is 10.1. The molecule has 1 heteroatoms. The molecular weight excluding hydrogens is 379 g/mol. The van der Waals surface area contributed by atoms with Gasteiger partial charge in [-0.05, 0) is 61.7 Å². The van der Waals surface area contributed by atoms with E-state index in [0.717, 1.165) is 17.8 Å². The minimum absolute atomic E-state index is 0.370. The van der Waals surface area contributed by atoms with Gasteiger partial charge in [-0.1, -0.05) is 89.1 Å². The summed E-state index contributed by atoms with van der Waals surface area (Å²) in [5.74, 6) is 2.40. The van der Waals surface area contributed by atoms with Crippen molar-refractivity contribution < 1.29 is 0 Å². The summed E-state index contributed by atoms with van der Waals surface area (Å²) in [5, 5.41) is 0. The SMILES string of the molecule is C/C=C(\C)C(CC)(C[C@](C)(I)C(C)CC)C1(C(C)C)C[C@H]1C. The van der Waals surface area contributed by atoms with Gasteiger partial charge in [-0.15, -0.1) is 0 Å². The molecule has 1 fully saturated rings. The third kappa shape index (κ3) is 3.17. The summed E-state index contributed by atoms with van der Waals surface area (Å²) in [6.07, 6.45) is 7.70. The maximum absolute atomic E-state index is 2.77. The molecule has 0 radical (unpaired) electrons. The van der Waals surface area contributed by atoms with E-state index < -0.39 is 0 Å². The number of alkyl halides is 1. The Morgan fingerprint density at radius 3 is 2.09 bits per heavy atom. The standard InChI is InChI=1S/C21H39I/c1-10-16(6)19(9,22)14-20(12-3,17(7)11-2)21(15(4)5)13-18(21)8/h11,15-16,18H,10,12-14H2,1-9H3/b17-11+/t16?,18-,19+,20?,21?/m1/s1. The van der Waals surface area contributed by atoms with Gasteiger partial charge in [0.15, 0.2) is 0 Å². The fourth-order valence-corrected chi connectivity index (χ4v) is 6.43. The Morgan fingerprint density at radius 2 is 1.82 bits per heavy atom. The molecule has 3 unspecified atom stereocenters. The summed E-state index contributed by atoms with van der Waals surface area (Å²) in [6, 6.07) is 0. The van der Waals surface area contributed by atoms with Crippen molar-refractivity contribution in [2.24, 2.45) is 28.6 Å². The molecule has 1 aliphatic carbocycles. The Labute approximate surface area is 154 Å². The Balaban J connectivity index is 3.37. The monoisotopic (exact) mass is 418 g/mol. The van der Waals surface area contributed by atoms with Crippen molar-refractivity contribution in [3.05, 3.63) is 11.6 Å². The van der Waals surface area contributed by atoms with Gasteiger partial charge in [-0.3, -0.25) is 0 Å². The molecule has 0 aliphatic heterocycles. The largest absolute Gasteiger partial charge is 0.0882 e.